The molecule has 2 aromatic rings. The van der Waals surface area contributed by atoms with E-state index in [-0.39, 0.29) is 26.3 Å². The van der Waals surface area contributed by atoms with Gasteiger partial charge < -0.3 is 0 Å². The zero-order chi connectivity index (χ0) is 15.6. The lowest BCUT2D eigenvalue weighted by Crippen LogP contribution is -2.11. The first-order chi connectivity index (χ1) is 9.88. The van der Waals surface area contributed by atoms with Gasteiger partial charge in [-0.3, -0.25) is 9.00 Å². The van der Waals surface area contributed by atoms with Gasteiger partial charge >= 0.3 is 0 Å². The normalized spacial score (nSPS) is 12.2. The molecule has 1 atom stereocenters. The van der Waals surface area contributed by atoms with Crippen molar-refractivity contribution in [2.45, 2.75) is 4.90 Å². The van der Waals surface area contributed by atoms with Gasteiger partial charge in [-0.1, -0.05) is 34.8 Å². The Morgan fingerprint density at radius 3 is 2.38 bits per heavy atom. The molecule has 0 bridgehead atoms. The fraction of sp³-hybridized carbons (Fsp3) is 0.0714. The van der Waals surface area contributed by atoms with Gasteiger partial charge in [-0.15, -0.1) is 0 Å². The molecule has 0 aliphatic heterocycles. The van der Waals surface area contributed by atoms with Crippen LogP contribution in [0.25, 0.3) is 0 Å². The van der Waals surface area contributed by atoms with E-state index in [1.54, 1.807) is 0 Å². The Bertz CT molecular complexity index is 734. The van der Waals surface area contributed by atoms with E-state index >= 15 is 0 Å². The first-order valence-electron chi connectivity index (χ1n) is 5.70. The SMILES string of the molecule is O=C(CS(=O)c1ccc(F)c(Cl)c1)c1ccc(Cl)cc1Cl. The summed E-state index contributed by atoms with van der Waals surface area (Å²) >= 11 is 17.3. The second-order valence-corrected chi connectivity index (χ2v) is 6.82. The maximum Gasteiger partial charge on any atom is 0.177 e. The van der Waals surface area contributed by atoms with Crippen LogP contribution in [0.5, 0.6) is 0 Å². The van der Waals surface area contributed by atoms with E-state index in [0.717, 1.165) is 6.07 Å². The van der Waals surface area contributed by atoms with Crippen LogP contribution < -0.4 is 0 Å². The van der Waals surface area contributed by atoms with E-state index in [0.29, 0.717) is 5.02 Å². The molecule has 2 nitrogen and oxygen atoms in total. The summed E-state index contributed by atoms with van der Waals surface area (Å²) < 4.78 is 25.2. The Hall–Kier alpha value is -0.940. The maximum absolute atomic E-state index is 13.1. The number of benzene rings is 2. The number of halogens is 4. The molecule has 0 heterocycles. The summed E-state index contributed by atoms with van der Waals surface area (Å²) in [5.41, 5.74) is 0.239. The molecule has 0 amide bonds. The lowest BCUT2D eigenvalue weighted by atomic mass is 10.1. The van der Waals surface area contributed by atoms with Crippen molar-refractivity contribution in [3.05, 3.63) is 62.8 Å². The average molecular weight is 366 g/mol. The third-order valence-corrected chi connectivity index (χ3v) is 4.79. The van der Waals surface area contributed by atoms with Gasteiger partial charge in [0.25, 0.3) is 0 Å². The predicted molar refractivity (Wildman–Crippen MR) is 83.5 cm³/mol. The molecule has 2 rings (SSSR count). The smallest absolute Gasteiger partial charge is 0.177 e. The highest BCUT2D eigenvalue weighted by Gasteiger charge is 2.16. The Kier molecular flexibility index (Phi) is 5.38. The van der Waals surface area contributed by atoms with Crippen molar-refractivity contribution in [1.29, 1.82) is 0 Å². The molecule has 0 saturated carbocycles. The lowest BCUT2D eigenvalue weighted by molar-refractivity contribution is 0.102. The van der Waals surface area contributed by atoms with Gasteiger partial charge in [0, 0.05) is 15.5 Å². The third-order valence-electron chi connectivity index (χ3n) is 2.65. The highest BCUT2D eigenvalue weighted by Crippen LogP contribution is 2.23. The van der Waals surface area contributed by atoms with Crippen molar-refractivity contribution in [3.63, 3.8) is 0 Å². The van der Waals surface area contributed by atoms with Crippen LogP contribution in [0.15, 0.2) is 41.3 Å². The Labute approximate surface area is 138 Å². The molecular weight excluding hydrogens is 358 g/mol. The summed E-state index contributed by atoms with van der Waals surface area (Å²) in [7, 11) is -1.64. The zero-order valence-electron chi connectivity index (χ0n) is 10.4. The molecule has 2 aromatic carbocycles. The van der Waals surface area contributed by atoms with Crippen LogP contribution in [0.3, 0.4) is 0 Å². The molecule has 0 spiro atoms. The first-order valence-corrected chi connectivity index (χ1v) is 8.15. The highest BCUT2D eigenvalue weighted by atomic mass is 35.5. The number of hydrogen-bond donors (Lipinski definition) is 0. The minimum absolute atomic E-state index is 0.141. The number of carbonyl (C=O) groups is 1. The van der Waals surface area contributed by atoms with Crippen LogP contribution >= 0.6 is 34.8 Å². The van der Waals surface area contributed by atoms with Gasteiger partial charge in [-0.05, 0) is 36.4 Å². The van der Waals surface area contributed by atoms with Crippen LogP contribution in [0.2, 0.25) is 15.1 Å². The molecule has 7 heteroatoms. The fourth-order valence-corrected chi connectivity index (χ4v) is 3.40. The van der Waals surface area contributed by atoms with Gasteiger partial charge in [0.15, 0.2) is 5.78 Å². The van der Waals surface area contributed by atoms with E-state index in [9.17, 15) is 13.4 Å². The van der Waals surface area contributed by atoms with E-state index in [1.807, 2.05) is 0 Å². The number of carbonyl (C=O) groups excluding carboxylic acids is 1. The van der Waals surface area contributed by atoms with Gasteiger partial charge in [-0.25, -0.2) is 4.39 Å². The van der Waals surface area contributed by atoms with E-state index in [4.69, 9.17) is 34.8 Å². The number of rotatable bonds is 4. The zero-order valence-corrected chi connectivity index (χ0v) is 13.5. The molecule has 0 saturated heterocycles. The summed E-state index contributed by atoms with van der Waals surface area (Å²) in [6, 6.07) is 8.11. The summed E-state index contributed by atoms with van der Waals surface area (Å²) in [5.74, 6) is -1.27. The van der Waals surface area contributed by atoms with Gasteiger partial charge in [0.05, 0.1) is 26.6 Å². The Balaban J connectivity index is 2.18. The van der Waals surface area contributed by atoms with Gasteiger partial charge in [0.1, 0.15) is 5.82 Å². The molecule has 110 valence electrons. The van der Waals surface area contributed by atoms with Crippen molar-refractivity contribution in [2.75, 3.05) is 5.75 Å². The molecule has 0 N–H and O–H groups in total. The van der Waals surface area contributed by atoms with Crippen LogP contribution in [0.1, 0.15) is 10.4 Å². The number of Topliss-reactive ketones (excluding diaryl/α,β-unsaturated/α-hetero) is 1. The lowest BCUT2D eigenvalue weighted by Gasteiger charge is -2.05. The monoisotopic (exact) mass is 364 g/mol. The van der Waals surface area contributed by atoms with Crippen LogP contribution in [-0.2, 0) is 10.8 Å². The van der Waals surface area contributed by atoms with Gasteiger partial charge in [-0.2, -0.15) is 0 Å². The molecule has 0 fully saturated rings. The van der Waals surface area contributed by atoms with Crippen molar-refractivity contribution in [1.82, 2.24) is 0 Å². The first kappa shape index (κ1) is 16.4. The molecular formula is C14H8Cl3FO2S. The van der Waals surface area contributed by atoms with Crippen molar-refractivity contribution >= 4 is 51.4 Å². The van der Waals surface area contributed by atoms with Crippen LogP contribution in [0, 0.1) is 5.82 Å². The van der Waals surface area contributed by atoms with E-state index in [2.05, 4.69) is 0 Å². The average Bonchev–Trinajstić information content (AvgIpc) is 2.41. The largest absolute Gasteiger partial charge is 0.293 e. The molecule has 0 aliphatic carbocycles. The Morgan fingerprint density at radius 2 is 1.76 bits per heavy atom. The molecule has 0 aliphatic rings. The second kappa shape index (κ2) is 6.88. The maximum atomic E-state index is 13.1. The topological polar surface area (TPSA) is 34.1 Å². The standard InChI is InChI=1S/C14H8Cl3FO2S/c15-8-1-3-10(11(16)5-8)14(19)7-21(20)9-2-4-13(18)12(17)6-9/h1-6H,7H2. The minimum atomic E-state index is -1.64. The van der Waals surface area contributed by atoms with Crippen molar-refractivity contribution in [2.24, 2.45) is 0 Å². The summed E-state index contributed by atoms with van der Waals surface area (Å²) in [4.78, 5) is 12.4. The summed E-state index contributed by atoms with van der Waals surface area (Å²) in [5, 5.41) is 0.461. The highest BCUT2D eigenvalue weighted by molar-refractivity contribution is 7.85. The second-order valence-electron chi connectivity index (χ2n) is 4.11. The van der Waals surface area contributed by atoms with Crippen LogP contribution in [0.4, 0.5) is 4.39 Å². The third kappa shape index (κ3) is 4.04. The number of ketones is 1. The van der Waals surface area contributed by atoms with Crippen molar-refractivity contribution in [3.8, 4) is 0 Å². The van der Waals surface area contributed by atoms with E-state index in [1.165, 1.54) is 30.3 Å². The summed E-state index contributed by atoms with van der Waals surface area (Å²) in [6.45, 7) is 0. The predicted octanol–water partition coefficient (Wildman–Crippen LogP) is 4.78. The molecule has 0 radical (unpaired) electrons. The molecule has 21 heavy (non-hydrogen) atoms. The fourth-order valence-electron chi connectivity index (χ4n) is 1.61. The van der Waals surface area contributed by atoms with Gasteiger partial charge in [0.2, 0.25) is 0 Å². The minimum Gasteiger partial charge on any atom is -0.293 e. The van der Waals surface area contributed by atoms with E-state index < -0.39 is 22.4 Å². The molecule has 0 aromatic heterocycles. The molecule has 1 unspecified atom stereocenters. The van der Waals surface area contributed by atoms with Crippen LogP contribution in [-0.4, -0.2) is 15.7 Å². The number of hydrogen-bond acceptors (Lipinski definition) is 2. The summed E-state index contributed by atoms with van der Waals surface area (Å²) in [6.07, 6.45) is 0. The quantitative estimate of drug-likeness (QED) is 0.731. The Morgan fingerprint density at radius 1 is 1.05 bits per heavy atom. The van der Waals surface area contributed by atoms with Crippen molar-refractivity contribution < 1.29 is 13.4 Å².